The Balaban J connectivity index is 2.63. The smallest absolute Gasteiger partial charge is 0.140 e. The van der Waals surface area contributed by atoms with Gasteiger partial charge in [-0.25, -0.2) is 0 Å². The molecule has 1 saturated heterocycles. The summed E-state index contributed by atoms with van der Waals surface area (Å²) < 4.78 is 0. The highest BCUT2D eigenvalue weighted by Crippen LogP contribution is 2.14. The van der Waals surface area contributed by atoms with Gasteiger partial charge in [0.2, 0.25) is 0 Å². The Hall–Kier alpha value is -0.790. The van der Waals surface area contributed by atoms with Gasteiger partial charge >= 0.3 is 0 Å². The Kier molecular flexibility index (Phi) is 2.10. The largest absolute Gasteiger partial charge is 0.377 e. The number of allylic oxidation sites excluding steroid dienone is 2. The van der Waals surface area contributed by atoms with Gasteiger partial charge in [-0.1, -0.05) is 6.08 Å². The molecule has 2 heteroatoms. The zero-order valence-electron chi connectivity index (χ0n) is 6.55. The number of piperidine rings is 1. The van der Waals surface area contributed by atoms with E-state index in [9.17, 15) is 4.79 Å². The fraction of sp³-hybridized carbons (Fsp3) is 0.625. The maximum atomic E-state index is 10.9. The van der Waals surface area contributed by atoms with Crippen LogP contribution in [0.15, 0.2) is 11.8 Å². The van der Waals surface area contributed by atoms with Gasteiger partial charge in [-0.05, 0) is 6.92 Å². The van der Waals surface area contributed by atoms with E-state index >= 15 is 0 Å². The summed E-state index contributed by atoms with van der Waals surface area (Å²) >= 11 is 0. The van der Waals surface area contributed by atoms with Gasteiger partial charge in [0.05, 0.1) is 0 Å². The molecule has 0 unspecified atom stereocenters. The Morgan fingerprint density at radius 3 is 2.80 bits per heavy atom. The molecule has 0 aromatic rings. The van der Waals surface area contributed by atoms with Crippen LogP contribution in [-0.4, -0.2) is 24.3 Å². The number of ketones is 1. The Bertz CT molecular complexity index is 172. The average molecular weight is 139 g/mol. The van der Waals surface area contributed by atoms with Crippen molar-refractivity contribution in [3.8, 4) is 0 Å². The molecule has 0 aromatic carbocycles. The van der Waals surface area contributed by atoms with E-state index in [1.807, 2.05) is 20.0 Å². The van der Waals surface area contributed by atoms with E-state index in [4.69, 9.17) is 0 Å². The van der Waals surface area contributed by atoms with Gasteiger partial charge < -0.3 is 4.90 Å². The van der Waals surface area contributed by atoms with Crippen LogP contribution in [0.25, 0.3) is 0 Å². The van der Waals surface area contributed by atoms with E-state index in [0.29, 0.717) is 18.6 Å². The maximum absolute atomic E-state index is 10.9. The summed E-state index contributed by atoms with van der Waals surface area (Å²) in [7, 11) is 2.03. The normalized spacial score (nSPS) is 24.0. The number of hydrogen-bond donors (Lipinski definition) is 0. The minimum Gasteiger partial charge on any atom is -0.377 e. The van der Waals surface area contributed by atoms with E-state index in [0.717, 1.165) is 12.2 Å². The van der Waals surface area contributed by atoms with Crippen molar-refractivity contribution in [3.05, 3.63) is 11.8 Å². The molecule has 0 saturated carbocycles. The number of Topliss-reactive ketones (excluding diaryl/α,β-unsaturated/α-hetero) is 1. The Labute approximate surface area is 61.5 Å². The zero-order chi connectivity index (χ0) is 7.56. The second-order valence-electron chi connectivity index (χ2n) is 2.67. The number of carbonyl (C=O) groups excluding carboxylic acids is 1. The van der Waals surface area contributed by atoms with Crippen molar-refractivity contribution in [1.82, 2.24) is 4.90 Å². The standard InChI is InChI=1S/C8H13NO/c1-3-7-6-8(10)4-5-9(7)2/h3H,4-6H2,1-2H3/b7-3+. The Morgan fingerprint density at radius 2 is 2.30 bits per heavy atom. The van der Waals surface area contributed by atoms with Crippen LogP contribution in [0, 0.1) is 0 Å². The zero-order valence-corrected chi connectivity index (χ0v) is 6.55. The van der Waals surface area contributed by atoms with Crippen LogP contribution >= 0.6 is 0 Å². The summed E-state index contributed by atoms with van der Waals surface area (Å²) in [5.74, 6) is 0.367. The molecule has 0 radical (unpaired) electrons. The van der Waals surface area contributed by atoms with Crippen LogP contribution in [0.5, 0.6) is 0 Å². The first kappa shape index (κ1) is 7.32. The van der Waals surface area contributed by atoms with Crippen molar-refractivity contribution < 1.29 is 4.79 Å². The van der Waals surface area contributed by atoms with E-state index in [2.05, 4.69) is 4.90 Å². The summed E-state index contributed by atoms with van der Waals surface area (Å²) in [6.07, 6.45) is 3.36. The summed E-state index contributed by atoms with van der Waals surface area (Å²) in [6, 6.07) is 0. The predicted octanol–water partition coefficient (Wildman–Crippen LogP) is 1.18. The number of nitrogens with zero attached hydrogens (tertiary/aromatic N) is 1. The molecule has 1 aliphatic heterocycles. The highest BCUT2D eigenvalue weighted by molar-refractivity contribution is 5.81. The van der Waals surface area contributed by atoms with E-state index < -0.39 is 0 Å². The average Bonchev–Trinajstić information content (AvgIpc) is 1.94. The van der Waals surface area contributed by atoms with Crippen LogP contribution in [0.2, 0.25) is 0 Å². The molecular formula is C8H13NO. The van der Waals surface area contributed by atoms with Gasteiger partial charge in [0.25, 0.3) is 0 Å². The quantitative estimate of drug-likeness (QED) is 0.502. The van der Waals surface area contributed by atoms with Crippen LogP contribution in [0.3, 0.4) is 0 Å². The number of hydrogen-bond acceptors (Lipinski definition) is 2. The van der Waals surface area contributed by atoms with Gasteiger partial charge in [0.1, 0.15) is 5.78 Å². The maximum Gasteiger partial charge on any atom is 0.140 e. The molecule has 56 valence electrons. The van der Waals surface area contributed by atoms with E-state index in [-0.39, 0.29) is 0 Å². The molecule has 0 spiro atoms. The first-order valence-corrected chi connectivity index (χ1v) is 3.62. The second-order valence-corrected chi connectivity index (χ2v) is 2.67. The molecule has 0 aromatic heterocycles. The lowest BCUT2D eigenvalue weighted by atomic mass is 10.1. The third-order valence-electron chi connectivity index (χ3n) is 1.93. The molecule has 0 atom stereocenters. The first-order valence-electron chi connectivity index (χ1n) is 3.62. The van der Waals surface area contributed by atoms with Gasteiger partial charge in [-0.3, -0.25) is 4.79 Å². The first-order chi connectivity index (χ1) is 4.74. The van der Waals surface area contributed by atoms with Crippen molar-refractivity contribution in [2.45, 2.75) is 19.8 Å². The highest BCUT2D eigenvalue weighted by atomic mass is 16.1. The lowest BCUT2D eigenvalue weighted by molar-refractivity contribution is -0.120. The lowest BCUT2D eigenvalue weighted by Crippen LogP contribution is -2.28. The number of rotatable bonds is 0. The topological polar surface area (TPSA) is 20.3 Å². The second kappa shape index (κ2) is 2.86. The molecule has 1 fully saturated rings. The lowest BCUT2D eigenvalue weighted by Gasteiger charge is -2.26. The molecule has 0 bridgehead atoms. The highest BCUT2D eigenvalue weighted by Gasteiger charge is 2.15. The fourth-order valence-electron chi connectivity index (χ4n) is 1.18. The van der Waals surface area contributed by atoms with E-state index in [1.165, 1.54) is 0 Å². The van der Waals surface area contributed by atoms with Crippen LogP contribution in [-0.2, 0) is 4.79 Å². The summed E-state index contributed by atoms with van der Waals surface area (Å²) in [5.41, 5.74) is 1.16. The van der Waals surface area contributed by atoms with Gasteiger partial charge in [0, 0.05) is 32.1 Å². The predicted molar refractivity (Wildman–Crippen MR) is 40.6 cm³/mol. The molecule has 0 N–H and O–H groups in total. The minimum absolute atomic E-state index is 0.367. The molecule has 1 aliphatic rings. The summed E-state index contributed by atoms with van der Waals surface area (Å²) in [4.78, 5) is 13.1. The van der Waals surface area contributed by atoms with Crippen molar-refractivity contribution in [2.24, 2.45) is 0 Å². The van der Waals surface area contributed by atoms with Gasteiger partial charge in [-0.15, -0.1) is 0 Å². The van der Waals surface area contributed by atoms with Gasteiger partial charge in [0.15, 0.2) is 0 Å². The summed E-state index contributed by atoms with van der Waals surface area (Å²) in [6.45, 7) is 2.86. The van der Waals surface area contributed by atoms with Gasteiger partial charge in [-0.2, -0.15) is 0 Å². The fourth-order valence-corrected chi connectivity index (χ4v) is 1.18. The van der Waals surface area contributed by atoms with Crippen LogP contribution in [0.1, 0.15) is 19.8 Å². The molecule has 10 heavy (non-hydrogen) atoms. The molecule has 0 aliphatic carbocycles. The van der Waals surface area contributed by atoms with Crippen molar-refractivity contribution in [2.75, 3.05) is 13.6 Å². The molecular weight excluding hydrogens is 126 g/mol. The van der Waals surface area contributed by atoms with Crippen LogP contribution < -0.4 is 0 Å². The molecule has 0 amide bonds. The Morgan fingerprint density at radius 1 is 1.60 bits per heavy atom. The van der Waals surface area contributed by atoms with Crippen molar-refractivity contribution in [3.63, 3.8) is 0 Å². The third-order valence-corrected chi connectivity index (χ3v) is 1.93. The van der Waals surface area contributed by atoms with Crippen LogP contribution in [0.4, 0.5) is 0 Å². The third kappa shape index (κ3) is 1.38. The molecule has 1 rings (SSSR count). The monoisotopic (exact) mass is 139 g/mol. The van der Waals surface area contributed by atoms with Crippen molar-refractivity contribution in [1.29, 1.82) is 0 Å². The molecule has 2 nitrogen and oxygen atoms in total. The van der Waals surface area contributed by atoms with Crippen molar-refractivity contribution >= 4 is 5.78 Å². The molecule has 1 heterocycles. The summed E-state index contributed by atoms with van der Waals surface area (Å²) in [5, 5.41) is 0. The van der Waals surface area contributed by atoms with E-state index in [1.54, 1.807) is 0 Å². The minimum atomic E-state index is 0.367. The number of carbonyl (C=O) groups is 1. The SMILES string of the molecule is C/C=C1\CC(=O)CCN1C. The number of likely N-dealkylation sites (tertiary alicyclic amines) is 1.